The van der Waals surface area contributed by atoms with E-state index < -0.39 is 72.0 Å². The van der Waals surface area contributed by atoms with Gasteiger partial charge in [0.15, 0.2) is 11.1 Å². The van der Waals surface area contributed by atoms with E-state index in [2.05, 4.69) is 16.0 Å². The lowest BCUT2D eigenvalue weighted by Crippen LogP contribution is -2.58. The lowest BCUT2D eigenvalue weighted by atomic mass is 9.97. The van der Waals surface area contributed by atoms with Crippen molar-refractivity contribution in [3.05, 3.63) is 29.3 Å². The Bertz CT molecular complexity index is 1060. The number of nitrogens with one attached hydrogen (secondary N) is 3. The molecule has 2 heterocycles. The van der Waals surface area contributed by atoms with Crippen LogP contribution in [0.4, 0.5) is 10.1 Å². The molecule has 2 aliphatic rings. The highest BCUT2D eigenvalue weighted by molar-refractivity contribution is 7.79. The number of carbonyl (C=O) groups is 4. The molecule has 0 bridgehead atoms. The van der Waals surface area contributed by atoms with Crippen LogP contribution in [0.3, 0.4) is 0 Å². The fourth-order valence-electron chi connectivity index (χ4n) is 4.62. The minimum absolute atomic E-state index is 0.231. The second-order valence-corrected chi connectivity index (χ2v) is 10.1. The minimum atomic E-state index is -2.24. The number of carbonyl (C=O) groups excluding carboxylic acids is 4. The Labute approximate surface area is 217 Å². The van der Waals surface area contributed by atoms with Crippen LogP contribution in [0.2, 0.25) is 0 Å². The molecule has 204 valence electrons. The Kier molecular flexibility index (Phi) is 10.1. The summed E-state index contributed by atoms with van der Waals surface area (Å²) in [5.74, 6) is -2.89. The second-order valence-electron chi connectivity index (χ2n) is 9.13. The Morgan fingerprint density at radius 1 is 1.30 bits per heavy atom. The van der Waals surface area contributed by atoms with Crippen molar-refractivity contribution in [2.75, 3.05) is 30.7 Å². The molecule has 4 amide bonds. The van der Waals surface area contributed by atoms with Crippen LogP contribution in [-0.4, -0.2) is 76.3 Å². The Morgan fingerprint density at radius 2 is 2.03 bits per heavy atom. The first-order valence-electron chi connectivity index (χ1n) is 12.2. The molecule has 1 unspecified atom stereocenters. The van der Waals surface area contributed by atoms with E-state index in [1.807, 2.05) is 25.1 Å². The van der Waals surface area contributed by atoms with Gasteiger partial charge in [-0.15, -0.1) is 0 Å². The number of para-hydroxylation sites is 1. The molecule has 11 nitrogen and oxygen atoms in total. The van der Waals surface area contributed by atoms with E-state index in [1.54, 1.807) is 6.92 Å². The number of rotatable bonds is 12. The fraction of sp³-hybridized carbons (Fsp3) is 0.583. The molecule has 0 saturated carbocycles. The van der Waals surface area contributed by atoms with Crippen molar-refractivity contribution in [1.82, 2.24) is 16.0 Å². The van der Waals surface area contributed by atoms with Crippen LogP contribution in [0.1, 0.15) is 37.8 Å². The molecule has 4 N–H and O–H groups in total. The first kappa shape index (κ1) is 28.7. The molecule has 3 rings (SSSR count). The largest absolute Gasteiger partial charge is 0.369 e. The second kappa shape index (κ2) is 13.1. The monoisotopic (exact) mass is 540 g/mol. The summed E-state index contributed by atoms with van der Waals surface area (Å²) >= 11 is -2.24. The number of amides is 4. The normalized spacial score (nSPS) is 20.9. The zero-order valence-corrected chi connectivity index (χ0v) is 21.6. The number of nitrogens with zero attached hydrogens (tertiary/aromatic N) is 1. The van der Waals surface area contributed by atoms with Crippen LogP contribution in [0.5, 0.6) is 0 Å². The third-order valence-corrected chi connectivity index (χ3v) is 7.05. The van der Waals surface area contributed by atoms with Crippen molar-refractivity contribution in [1.29, 1.82) is 0 Å². The van der Waals surface area contributed by atoms with Gasteiger partial charge >= 0.3 is 0 Å². The van der Waals surface area contributed by atoms with E-state index in [4.69, 9.17) is 9.29 Å². The van der Waals surface area contributed by atoms with E-state index in [0.29, 0.717) is 18.5 Å². The van der Waals surface area contributed by atoms with Crippen molar-refractivity contribution < 1.29 is 37.1 Å². The lowest BCUT2D eigenvalue weighted by Gasteiger charge is -2.29. The van der Waals surface area contributed by atoms with Crippen molar-refractivity contribution in [2.24, 2.45) is 5.92 Å². The highest BCUT2D eigenvalue weighted by Crippen LogP contribution is 2.39. The van der Waals surface area contributed by atoms with E-state index in [9.17, 15) is 27.8 Å². The molecule has 2 aliphatic heterocycles. The predicted octanol–water partition coefficient (Wildman–Crippen LogP) is 0.188. The van der Waals surface area contributed by atoms with E-state index in [1.165, 1.54) is 4.90 Å². The molecule has 0 radical (unpaired) electrons. The average Bonchev–Trinajstić information content (AvgIpc) is 3.21. The highest BCUT2D eigenvalue weighted by Gasteiger charge is 2.44. The first-order chi connectivity index (χ1) is 17.7. The SMILES string of the molecule is CC[C@H](C)[C@H](NC(=O)COCCF)C(=O)N[C@H]1CCc2cccc3c2N(C1=O)[C@H](C(=O)NCS(=O)O)C3. The number of hydrogen-bond acceptors (Lipinski definition) is 6. The summed E-state index contributed by atoms with van der Waals surface area (Å²) in [6.07, 6.45) is 1.57. The number of ether oxygens (including phenoxy) is 1. The maximum absolute atomic E-state index is 13.7. The van der Waals surface area contributed by atoms with Gasteiger partial charge in [-0.05, 0) is 29.9 Å². The number of benzene rings is 1. The van der Waals surface area contributed by atoms with Crippen molar-refractivity contribution >= 4 is 40.4 Å². The molecule has 0 aromatic heterocycles. The zero-order chi connectivity index (χ0) is 27.1. The molecule has 37 heavy (non-hydrogen) atoms. The van der Waals surface area contributed by atoms with Gasteiger partial charge in [0.1, 0.15) is 37.3 Å². The van der Waals surface area contributed by atoms with Crippen LogP contribution < -0.4 is 20.9 Å². The summed E-state index contributed by atoms with van der Waals surface area (Å²) in [5.41, 5.74) is 2.30. The molecule has 0 fully saturated rings. The molecular formula is C24H33FN4O7S. The van der Waals surface area contributed by atoms with Crippen LogP contribution in [-0.2, 0) is 47.8 Å². The van der Waals surface area contributed by atoms with E-state index in [0.717, 1.165) is 11.1 Å². The van der Waals surface area contributed by atoms with Crippen molar-refractivity contribution in [3.8, 4) is 0 Å². The van der Waals surface area contributed by atoms with Gasteiger partial charge in [-0.25, -0.2) is 8.60 Å². The summed E-state index contributed by atoms with van der Waals surface area (Å²) in [7, 11) is 0. The maximum Gasteiger partial charge on any atom is 0.250 e. The molecular weight excluding hydrogens is 507 g/mol. The number of alkyl halides is 1. The summed E-state index contributed by atoms with van der Waals surface area (Å²) in [6.45, 7) is 2.29. The van der Waals surface area contributed by atoms with Gasteiger partial charge in [-0.1, -0.05) is 38.5 Å². The summed E-state index contributed by atoms with van der Waals surface area (Å²) in [6, 6.07) is 2.71. The third-order valence-electron chi connectivity index (χ3n) is 6.66. The molecule has 1 aromatic rings. The van der Waals surface area contributed by atoms with Crippen LogP contribution in [0, 0.1) is 5.92 Å². The fourth-order valence-corrected chi connectivity index (χ4v) is 4.89. The number of hydrogen-bond donors (Lipinski definition) is 4. The van der Waals surface area contributed by atoms with Gasteiger partial charge in [0, 0.05) is 6.42 Å². The van der Waals surface area contributed by atoms with E-state index in [-0.39, 0.29) is 25.4 Å². The first-order valence-corrected chi connectivity index (χ1v) is 13.5. The van der Waals surface area contributed by atoms with Crippen LogP contribution >= 0.6 is 0 Å². The Balaban J connectivity index is 1.79. The Hall–Kier alpha value is -2.90. The van der Waals surface area contributed by atoms with Gasteiger partial charge < -0.3 is 25.2 Å². The van der Waals surface area contributed by atoms with Gasteiger partial charge in [-0.3, -0.25) is 24.1 Å². The van der Waals surface area contributed by atoms with Crippen LogP contribution in [0.25, 0.3) is 0 Å². The summed E-state index contributed by atoms with van der Waals surface area (Å²) in [4.78, 5) is 53.4. The number of aryl methyl sites for hydroxylation is 1. The molecule has 5 atom stereocenters. The highest BCUT2D eigenvalue weighted by atomic mass is 32.2. The number of anilines is 1. The van der Waals surface area contributed by atoms with E-state index >= 15 is 0 Å². The molecule has 1 aromatic carbocycles. The quantitative estimate of drug-likeness (QED) is 0.218. The minimum Gasteiger partial charge on any atom is -0.369 e. The van der Waals surface area contributed by atoms with Gasteiger partial charge in [0.05, 0.1) is 12.3 Å². The number of halogens is 1. The predicted molar refractivity (Wildman–Crippen MR) is 134 cm³/mol. The third kappa shape index (κ3) is 6.90. The Morgan fingerprint density at radius 3 is 2.70 bits per heavy atom. The standard InChI is InChI=1S/C24H33FN4O7S/c1-3-14(2)20(28-19(30)12-36-10-9-25)23(32)27-17-8-7-15-5-4-6-16-11-18(22(31)26-13-37(34)35)29(21(15)16)24(17)33/h4-6,14,17-18,20H,3,7-13H2,1-2H3,(H,26,31)(H,27,32)(H,28,30)(H,34,35)/t14-,17-,18-,20-/m0/s1. The molecule has 0 saturated heterocycles. The molecule has 13 heteroatoms. The van der Waals surface area contributed by atoms with Gasteiger partial charge in [-0.2, -0.15) is 0 Å². The van der Waals surface area contributed by atoms with Crippen molar-refractivity contribution in [2.45, 2.75) is 57.7 Å². The zero-order valence-electron chi connectivity index (χ0n) is 20.8. The average molecular weight is 541 g/mol. The van der Waals surface area contributed by atoms with Crippen molar-refractivity contribution in [3.63, 3.8) is 0 Å². The smallest absolute Gasteiger partial charge is 0.250 e. The maximum atomic E-state index is 13.7. The molecule has 0 aliphatic carbocycles. The van der Waals surface area contributed by atoms with Gasteiger partial charge in [0.2, 0.25) is 23.6 Å². The van der Waals surface area contributed by atoms with Crippen LogP contribution in [0.15, 0.2) is 18.2 Å². The lowest BCUT2D eigenvalue weighted by molar-refractivity contribution is -0.134. The summed E-state index contributed by atoms with van der Waals surface area (Å²) < 4.78 is 37.3. The van der Waals surface area contributed by atoms with Gasteiger partial charge in [0.25, 0.3) is 0 Å². The molecule has 0 spiro atoms. The topological polar surface area (TPSA) is 154 Å². The summed E-state index contributed by atoms with van der Waals surface area (Å²) in [5, 5.41) is 7.77.